The summed E-state index contributed by atoms with van der Waals surface area (Å²) < 4.78 is 18.2. The molecule has 2 aromatic heterocycles. The highest BCUT2D eigenvalue weighted by Crippen LogP contribution is 2.32. The summed E-state index contributed by atoms with van der Waals surface area (Å²) >= 11 is 0. The zero-order valence-electron chi connectivity index (χ0n) is 18.5. The Hall–Kier alpha value is -4.73. The van der Waals surface area contributed by atoms with Gasteiger partial charge in [-0.2, -0.15) is 0 Å². The predicted octanol–water partition coefficient (Wildman–Crippen LogP) is 2.13. The molecule has 35 heavy (non-hydrogen) atoms. The first-order chi connectivity index (χ1) is 17.0. The number of carbonyl (C=O) groups excluding carboxylic acids is 1. The van der Waals surface area contributed by atoms with Gasteiger partial charge < -0.3 is 19.6 Å². The van der Waals surface area contributed by atoms with Crippen LogP contribution in [0.3, 0.4) is 0 Å². The van der Waals surface area contributed by atoms with Crippen LogP contribution in [0.5, 0.6) is 11.5 Å². The molecule has 0 spiro atoms. The van der Waals surface area contributed by atoms with E-state index in [4.69, 9.17) is 19.6 Å². The number of hydrogen-bond acceptors (Lipinski definition) is 7. The largest absolute Gasteiger partial charge is 0.485 e. The van der Waals surface area contributed by atoms with Crippen LogP contribution in [0, 0.1) is 0 Å². The van der Waals surface area contributed by atoms with Gasteiger partial charge in [-0.05, 0) is 29.8 Å². The Kier molecular flexibility index (Phi) is 5.84. The normalized spacial score (nSPS) is 14.5. The van der Waals surface area contributed by atoms with Crippen molar-refractivity contribution in [1.29, 1.82) is 0 Å². The molecule has 0 fully saturated rings. The van der Waals surface area contributed by atoms with Crippen molar-refractivity contribution < 1.29 is 18.7 Å². The van der Waals surface area contributed by atoms with Crippen molar-refractivity contribution in [3.05, 3.63) is 105 Å². The van der Waals surface area contributed by atoms with Crippen molar-refractivity contribution in [3.63, 3.8) is 0 Å². The van der Waals surface area contributed by atoms with Crippen LogP contribution in [-0.2, 0) is 17.9 Å². The number of amides is 1. The number of carbonyl (C=O) groups is 1. The molecule has 3 N–H and O–H groups in total. The van der Waals surface area contributed by atoms with Gasteiger partial charge in [0, 0.05) is 0 Å². The van der Waals surface area contributed by atoms with E-state index in [1.807, 2.05) is 30.3 Å². The summed E-state index contributed by atoms with van der Waals surface area (Å²) in [5, 5.41) is 0. The smallest absolute Gasteiger partial charge is 0.330 e. The maximum Gasteiger partial charge on any atom is 0.330 e. The molecule has 10 heteroatoms. The van der Waals surface area contributed by atoms with Gasteiger partial charge in [-0.15, -0.1) is 0 Å². The van der Waals surface area contributed by atoms with Gasteiger partial charge >= 0.3 is 5.69 Å². The van der Waals surface area contributed by atoms with Crippen LogP contribution in [0.1, 0.15) is 11.3 Å². The third-order valence-corrected chi connectivity index (χ3v) is 5.61. The number of furan rings is 1. The van der Waals surface area contributed by atoms with Crippen LogP contribution in [0.15, 0.2) is 87.0 Å². The lowest BCUT2D eigenvalue weighted by atomic mass is 10.2. The Bertz CT molecular complexity index is 1460. The zero-order valence-corrected chi connectivity index (χ0v) is 18.5. The van der Waals surface area contributed by atoms with E-state index in [0.717, 1.165) is 10.5 Å². The Morgan fingerprint density at radius 1 is 1.03 bits per heavy atom. The van der Waals surface area contributed by atoms with Crippen LogP contribution in [0.2, 0.25) is 0 Å². The van der Waals surface area contributed by atoms with E-state index in [0.29, 0.717) is 17.3 Å². The summed E-state index contributed by atoms with van der Waals surface area (Å²) in [5.41, 5.74) is 5.49. The first kappa shape index (κ1) is 22.1. The maximum atomic E-state index is 13.7. The number of benzene rings is 2. The number of nitrogens with one attached hydrogen (secondary N) is 1. The Labute approximate surface area is 199 Å². The molecular formula is C25H22N4O6. The monoisotopic (exact) mass is 474 g/mol. The van der Waals surface area contributed by atoms with Gasteiger partial charge in [0.05, 0.1) is 19.4 Å². The fourth-order valence-electron chi connectivity index (χ4n) is 3.90. The number of rotatable bonds is 6. The molecule has 178 valence electrons. The zero-order chi connectivity index (χ0) is 24.4. The summed E-state index contributed by atoms with van der Waals surface area (Å²) in [6.07, 6.45) is 0.409. The first-order valence-corrected chi connectivity index (χ1v) is 10.9. The Morgan fingerprint density at radius 3 is 2.51 bits per heavy atom. The number of hydrogen-bond donors (Lipinski definition) is 2. The summed E-state index contributed by atoms with van der Waals surface area (Å²) in [7, 11) is 0. The lowest BCUT2D eigenvalue weighted by Crippen LogP contribution is -2.49. The minimum absolute atomic E-state index is 0.0635. The van der Waals surface area contributed by atoms with Gasteiger partial charge in [-0.1, -0.05) is 42.5 Å². The second kappa shape index (κ2) is 9.26. The van der Waals surface area contributed by atoms with E-state index in [1.54, 1.807) is 36.4 Å². The van der Waals surface area contributed by atoms with Gasteiger partial charge in [0.2, 0.25) is 6.10 Å². The van der Waals surface area contributed by atoms with Crippen LogP contribution >= 0.6 is 0 Å². The number of nitrogens with zero attached hydrogens (tertiary/aromatic N) is 2. The molecule has 1 aliphatic heterocycles. The van der Waals surface area contributed by atoms with Crippen LogP contribution in [0.25, 0.3) is 0 Å². The van der Waals surface area contributed by atoms with E-state index in [-0.39, 0.29) is 31.2 Å². The third-order valence-electron chi connectivity index (χ3n) is 5.61. The fraction of sp³-hybridized carbons (Fsp3) is 0.160. The second-order valence-electron chi connectivity index (χ2n) is 7.93. The molecular weight excluding hydrogens is 452 g/mol. The molecule has 2 aromatic carbocycles. The van der Waals surface area contributed by atoms with E-state index in [1.165, 1.54) is 10.8 Å². The van der Waals surface area contributed by atoms with Crippen molar-refractivity contribution in [2.45, 2.75) is 19.2 Å². The van der Waals surface area contributed by atoms with Crippen LogP contribution in [-0.4, -0.2) is 28.2 Å². The maximum absolute atomic E-state index is 13.7. The average Bonchev–Trinajstić information content (AvgIpc) is 3.39. The molecule has 0 saturated heterocycles. The molecule has 5 rings (SSSR count). The van der Waals surface area contributed by atoms with Crippen molar-refractivity contribution in [1.82, 2.24) is 9.55 Å². The van der Waals surface area contributed by atoms with Crippen molar-refractivity contribution >= 4 is 17.4 Å². The molecule has 1 aliphatic rings. The lowest BCUT2D eigenvalue weighted by molar-refractivity contribution is -0.127. The molecule has 0 bridgehead atoms. The molecule has 10 nitrogen and oxygen atoms in total. The first-order valence-electron chi connectivity index (χ1n) is 10.9. The summed E-state index contributed by atoms with van der Waals surface area (Å²) in [4.78, 5) is 42.7. The van der Waals surface area contributed by atoms with Gasteiger partial charge in [0.1, 0.15) is 18.2 Å². The molecule has 1 atom stereocenters. The molecule has 0 aliphatic carbocycles. The number of para-hydroxylation sites is 2. The molecule has 0 saturated carbocycles. The van der Waals surface area contributed by atoms with Crippen molar-refractivity contribution in [2.24, 2.45) is 0 Å². The minimum atomic E-state index is -1.05. The topological polar surface area (TPSA) is 133 Å². The third kappa shape index (κ3) is 4.41. The van der Waals surface area contributed by atoms with E-state index >= 15 is 0 Å². The number of fused-ring (bicyclic) bond motifs is 1. The number of anilines is 2. The number of nitrogens with two attached hydrogens (primary N) is 1. The molecule has 1 unspecified atom stereocenters. The summed E-state index contributed by atoms with van der Waals surface area (Å²) in [6.45, 7) is -0.0649. The van der Waals surface area contributed by atoms with E-state index in [9.17, 15) is 14.4 Å². The predicted molar refractivity (Wildman–Crippen MR) is 128 cm³/mol. The molecule has 0 radical (unpaired) electrons. The summed E-state index contributed by atoms with van der Waals surface area (Å²) in [6, 6.07) is 19.5. The van der Waals surface area contributed by atoms with Gasteiger partial charge in [-0.3, -0.25) is 24.0 Å². The van der Waals surface area contributed by atoms with Gasteiger partial charge in [-0.25, -0.2) is 4.79 Å². The van der Waals surface area contributed by atoms with Gasteiger partial charge in [0.15, 0.2) is 17.2 Å². The second-order valence-corrected chi connectivity index (χ2v) is 7.93. The van der Waals surface area contributed by atoms with Crippen LogP contribution < -0.4 is 31.4 Å². The van der Waals surface area contributed by atoms with Crippen molar-refractivity contribution in [3.8, 4) is 11.5 Å². The number of aromatic nitrogens is 2. The number of ether oxygens (including phenoxy) is 2. The number of aromatic amines is 1. The highest BCUT2D eigenvalue weighted by Gasteiger charge is 2.35. The SMILES string of the molecule is Nc1c(N(Cc2ccco2)C(=O)C2COc3ccccc3O2)c(=O)[nH]c(=O)n1Cc1ccccc1. The van der Waals surface area contributed by atoms with E-state index < -0.39 is 23.3 Å². The Morgan fingerprint density at radius 2 is 1.77 bits per heavy atom. The van der Waals surface area contributed by atoms with E-state index in [2.05, 4.69) is 4.98 Å². The molecule has 4 aromatic rings. The Balaban J connectivity index is 1.55. The van der Waals surface area contributed by atoms with Crippen molar-refractivity contribution in [2.75, 3.05) is 17.2 Å². The van der Waals surface area contributed by atoms with Gasteiger partial charge in [0.25, 0.3) is 11.5 Å². The lowest BCUT2D eigenvalue weighted by Gasteiger charge is -2.30. The summed E-state index contributed by atoms with van der Waals surface area (Å²) in [5.74, 6) is 0.613. The number of H-pyrrole nitrogens is 1. The molecule has 1 amide bonds. The number of nitrogen functional groups attached to an aromatic ring is 1. The molecule has 3 heterocycles. The standard InChI is InChI=1S/C25H22N4O6/c26-22-21(23(30)27-25(32)29(22)13-16-7-2-1-3-8-16)28(14-17-9-6-12-33-17)24(31)20-15-34-18-10-4-5-11-19(18)35-20/h1-12,20H,13-15,26H2,(H,27,30,32). The average molecular weight is 474 g/mol. The highest BCUT2D eigenvalue weighted by molar-refractivity contribution is 5.98. The quantitative estimate of drug-likeness (QED) is 0.437. The van der Waals surface area contributed by atoms with Crippen LogP contribution in [0.4, 0.5) is 11.5 Å². The fourth-order valence-corrected chi connectivity index (χ4v) is 3.90. The minimum Gasteiger partial charge on any atom is -0.485 e. The highest BCUT2D eigenvalue weighted by atomic mass is 16.6.